The Labute approximate surface area is 89.9 Å². The third-order valence-electron chi connectivity index (χ3n) is 2.10. The van der Waals surface area contributed by atoms with Gasteiger partial charge in [-0.2, -0.15) is 0 Å². The van der Waals surface area contributed by atoms with E-state index < -0.39 is 0 Å². The van der Waals surface area contributed by atoms with E-state index in [0.717, 1.165) is 17.9 Å². The van der Waals surface area contributed by atoms with Gasteiger partial charge in [-0.05, 0) is 37.6 Å². The predicted molar refractivity (Wildman–Crippen MR) is 59.7 cm³/mol. The summed E-state index contributed by atoms with van der Waals surface area (Å²) in [7, 11) is 1.84. The van der Waals surface area contributed by atoms with E-state index in [0.29, 0.717) is 6.54 Å². The average molecular weight is 214 g/mol. The third kappa shape index (κ3) is 4.09. The summed E-state index contributed by atoms with van der Waals surface area (Å²) in [4.78, 5) is 0. The van der Waals surface area contributed by atoms with Crippen molar-refractivity contribution in [2.45, 2.75) is 18.9 Å². The van der Waals surface area contributed by atoms with Crippen molar-refractivity contribution >= 4 is 11.6 Å². The highest BCUT2D eigenvalue weighted by Crippen LogP contribution is 2.12. The molecule has 2 nitrogen and oxygen atoms in total. The van der Waals surface area contributed by atoms with Gasteiger partial charge in [-0.3, -0.25) is 0 Å². The molecule has 0 spiro atoms. The largest absolute Gasteiger partial charge is 0.392 e. The summed E-state index contributed by atoms with van der Waals surface area (Å²) in [5, 5.41) is 13.2. The maximum Gasteiger partial charge on any atom is 0.0667 e. The second kappa shape index (κ2) is 6.02. The molecule has 0 amide bonds. The van der Waals surface area contributed by atoms with Crippen LogP contribution in [0.15, 0.2) is 24.3 Å². The summed E-state index contributed by atoms with van der Waals surface area (Å²) in [5.41, 5.74) is 1.17. The molecule has 0 aliphatic rings. The van der Waals surface area contributed by atoms with Gasteiger partial charge >= 0.3 is 0 Å². The van der Waals surface area contributed by atoms with Crippen LogP contribution < -0.4 is 5.32 Å². The first kappa shape index (κ1) is 11.5. The molecule has 0 saturated carbocycles. The van der Waals surface area contributed by atoms with Crippen molar-refractivity contribution in [2.24, 2.45) is 0 Å². The number of hydrogen-bond donors (Lipinski definition) is 2. The number of hydrogen-bond acceptors (Lipinski definition) is 2. The Hall–Kier alpha value is -0.570. The smallest absolute Gasteiger partial charge is 0.0667 e. The second-order valence-corrected chi connectivity index (χ2v) is 3.82. The molecule has 0 heterocycles. The molecule has 1 aromatic carbocycles. The number of benzene rings is 1. The molecule has 0 fully saturated rings. The van der Waals surface area contributed by atoms with Crippen LogP contribution in [0.25, 0.3) is 0 Å². The SMILES string of the molecule is CNCC(O)CCc1cccc(Cl)c1. The number of nitrogens with one attached hydrogen (secondary N) is 1. The van der Waals surface area contributed by atoms with Crippen LogP contribution in [0.3, 0.4) is 0 Å². The van der Waals surface area contributed by atoms with Gasteiger partial charge in [-0.15, -0.1) is 0 Å². The maximum atomic E-state index is 9.48. The highest BCUT2D eigenvalue weighted by atomic mass is 35.5. The van der Waals surface area contributed by atoms with Crippen molar-refractivity contribution in [3.8, 4) is 0 Å². The zero-order chi connectivity index (χ0) is 10.4. The van der Waals surface area contributed by atoms with E-state index in [9.17, 15) is 5.11 Å². The van der Waals surface area contributed by atoms with E-state index in [-0.39, 0.29) is 6.10 Å². The molecule has 1 rings (SSSR count). The first-order chi connectivity index (χ1) is 6.72. The Morgan fingerprint density at radius 2 is 2.29 bits per heavy atom. The standard InChI is InChI=1S/C11H16ClNO/c1-13-8-11(14)6-5-9-3-2-4-10(12)7-9/h2-4,7,11,13-14H,5-6,8H2,1H3. The van der Waals surface area contributed by atoms with Crippen LogP contribution in [-0.4, -0.2) is 24.8 Å². The zero-order valence-electron chi connectivity index (χ0n) is 8.33. The highest BCUT2D eigenvalue weighted by molar-refractivity contribution is 6.30. The molecule has 3 heteroatoms. The molecular weight excluding hydrogens is 198 g/mol. The van der Waals surface area contributed by atoms with Gasteiger partial charge in [0.05, 0.1) is 6.10 Å². The molecule has 0 aliphatic carbocycles. The average Bonchev–Trinajstić information content (AvgIpc) is 2.15. The molecule has 1 aromatic rings. The van der Waals surface area contributed by atoms with Gasteiger partial charge in [0.15, 0.2) is 0 Å². The maximum absolute atomic E-state index is 9.48. The van der Waals surface area contributed by atoms with Crippen molar-refractivity contribution < 1.29 is 5.11 Å². The summed E-state index contributed by atoms with van der Waals surface area (Å²) in [6.07, 6.45) is 1.35. The molecule has 2 N–H and O–H groups in total. The normalized spacial score (nSPS) is 12.8. The number of halogens is 1. The summed E-state index contributed by atoms with van der Waals surface area (Å²) in [6.45, 7) is 0.639. The minimum absolute atomic E-state index is 0.279. The van der Waals surface area contributed by atoms with Crippen LogP contribution in [0.4, 0.5) is 0 Å². The quantitative estimate of drug-likeness (QED) is 0.783. The molecular formula is C11H16ClNO. The number of aryl methyl sites for hydroxylation is 1. The fourth-order valence-electron chi connectivity index (χ4n) is 1.36. The Morgan fingerprint density at radius 1 is 1.50 bits per heavy atom. The Balaban J connectivity index is 2.37. The summed E-state index contributed by atoms with van der Waals surface area (Å²) in [6, 6.07) is 7.75. The molecule has 0 saturated heterocycles. The first-order valence-corrected chi connectivity index (χ1v) is 5.17. The van der Waals surface area contributed by atoms with Crippen LogP contribution in [0, 0.1) is 0 Å². The number of likely N-dealkylation sites (N-methyl/N-ethyl adjacent to an activating group) is 1. The van der Waals surface area contributed by atoms with E-state index in [2.05, 4.69) is 5.32 Å². The summed E-state index contributed by atoms with van der Waals surface area (Å²) in [5.74, 6) is 0. The van der Waals surface area contributed by atoms with Crippen LogP contribution in [0.1, 0.15) is 12.0 Å². The van der Waals surface area contributed by atoms with E-state index >= 15 is 0 Å². The van der Waals surface area contributed by atoms with Crippen LogP contribution in [0.2, 0.25) is 5.02 Å². The van der Waals surface area contributed by atoms with Crippen LogP contribution in [-0.2, 0) is 6.42 Å². The van der Waals surface area contributed by atoms with Gasteiger partial charge in [0.1, 0.15) is 0 Å². The lowest BCUT2D eigenvalue weighted by Crippen LogP contribution is -2.23. The minimum atomic E-state index is -0.279. The highest BCUT2D eigenvalue weighted by Gasteiger charge is 2.02. The van der Waals surface area contributed by atoms with Gasteiger partial charge in [-0.1, -0.05) is 23.7 Å². The van der Waals surface area contributed by atoms with Crippen molar-refractivity contribution in [1.29, 1.82) is 0 Å². The van der Waals surface area contributed by atoms with Gasteiger partial charge in [0, 0.05) is 11.6 Å². The Kier molecular flexibility index (Phi) is 4.94. The van der Waals surface area contributed by atoms with Gasteiger partial charge in [0.25, 0.3) is 0 Å². The molecule has 0 aliphatic heterocycles. The lowest BCUT2D eigenvalue weighted by molar-refractivity contribution is 0.165. The zero-order valence-corrected chi connectivity index (χ0v) is 9.09. The topological polar surface area (TPSA) is 32.3 Å². The monoisotopic (exact) mass is 213 g/mol. The molecule has 78 valence electrons. The molecule has 0 aromatic heterocycles. The lowest BCUT2D eigenvalue weighted by Gasteiger charge is -2.09. The van der Waals surface area contributed by atoms with Crippen molar-refractivity contribution in [1.82, 2.24) is 5.32 Å². The second-order valence-electron chi connectivity index (χ2n) is 3.38. The number of aliphatic hydroxyl groups excluding tert-OH is 1. The summed E-state index contributed by atoms with van der Waals surface area (Å²) >= 11 is 5.85. The van der Waals surface area contributed by atoms with Gasteiger partial charge in [-0.25, -0.2) is 0 Å². The number of rotatable bonds is 5. The molecule has 0 bridgehead atoms. The van der Waals surface area contributed by atoms with E-state index in [1.165, 1.54) is 5.56 Å². The van der Waals surface area contributed by atoms with E-state index in [1.807, 2.05) is 31.3 Å². The fourth-order valence-corrected chi connectivity index (χ4v) is 1.58. The third-order valence-corrected chi connectivity index (χ3v) is 2.33. The minimum Gasteiger partial charge on any atom is -0.392 e. The Morgan fingerprint density at radius 3 is 2.93 bits per heavy atom. The molecule has 14 heavy (non-hydrogen) atoms. The molecule has 1 unspecified atom stereocenters. The van der Waals surface area contributed by atoms with E-state index in [4.69, 9.17) is 11.6 Å². The molecule has 0 radical (unpaired) electrons. The first-order valence-electron chi connectivity index (χ1n) is 4.79. The number of aliphatic hydroxyl groups is 1. The van der Waals surface area contributed by atoms with E-state index in [1.54, 1.807) is 0 Å². The van der Waals surface area contributed by atoms with Crippen molar-refractivity contribution in [3.05, 3.63) is 34.9 Å². The van der Waals surface area contributed by atoms with Crippen molar-refractivity contribution in [3.63, 3.8) is 0 Å². The predicted octanol–water partition coefficient (Wildman–Crippen LogP) is 1.85. The van der Waals surface area contributed by atoms with Gasteiger partial charge < -0.3 is 10.4 Å². The van der Waals surface area contributed by atoms with Crippen LogP contribution >= 0.6 is 11.6 Å². The molecule has 1 atom stereocenters. The van der Waals surface area contributed by atoms with Crippen LogP contribution in [0.5, 0.6) is 0 Å². The summed E-state index contributed by atoms with van der Waals surface area (Å²) < 4.78 is 0. The van der Waals surface area contributed by atoms with Crippen molar-refractivity contribution in [2.75, 3.05) is 13.6 Å². The fraction of sp³-hybridized carbons (Fsp3) is 0.455. The Bertz CT molecular complexity index is 278. The van der Waals surface area contributed by atoms with Gasteiger partial charge in [0.2, 0.25) is 0 Å². The lowest BCUT2D eigenvalue weighted by atomic mass is 10.1.